The van der Waals surface area contributed by atoms with Gasteiger partial charge in [0.1, 0.15) is 6.10 Å². The standard InChI is InChI=1S/C21H18O2/c1-2-7-16-19-17-12-8-3-5-10-14(12)18(20(19)23-21(16)22)15-11-6-4-9-13(15)17/h2-6,8-11,16-20H,1,7H2. The number of benzene rings is 2. The van der Waals surface area contributed by atoms with Crippen LogP contribution in [0.5, 0.6) is 0 Å². The van der Waals surface area contributed by atoms with Gasteiger partial charge in [-0.25, -0.2) is 0 Å². The van der Waals surface area contributed by atoms with Gasteiger partial charge in [-0.2, -0.15) is 0 Å². The van der Waals surface area contributed by atoms with Gasteiger partial charge >= 0.3 is 5.97 Å². The highest BCUT2D eigenvalue weighted by molar-refractivity contribution is 5.78. The van der Waals surface area contributed by atoms with E-state index in [1.54, 1.807) is 0 Å². The Balaban J connectivity index is 1.77. The molecule has 0 saturated carbocycles. The topological polar surface area (TPSA) is 26.3 Å². The highest BCUT2D eigenvalue weighted by atomic mass is 16.6. The molecular formula is C21H18O2. The summed E-state index contributed by atoms with van der Waals surface area (Å²) in [6, 6.07) is 17.3. The summed E-state index contributed by atoms with van der Waals surface area (Å²) >= 11 is 0. The Hall–Kier alpha value is -2.35. The largest absolute Gasteiger partial charge is 0.461 e. The summed E-state index contributed by atoms with van der Waals surface area (Å²) in [5, 5.41) is 0. The average molecular weight is 302 g/mol. The van der Waals surface area contributed by atoms with Crippen molar-refractivity contribution in [2.45, 2.75) is 24.4 Å². The van der Waals surface area contributed by atoms with Gasteiger partial charge in [0.05, 0.1) is 5.92 Å². The number of hydrogen-bond donors (Lipinski definition) is 0. The molecular weight excluding hydrogens is 284 g/mol. The first-order valence-corrected chi connectivity index (χ1v) is 8.30. The van der Waals surface area contributed by atoms with Crippen LogP contribution in [0.2, 0.25) is 0 Å². The molecule has 0 aromatic heterocycles. The van der Waals surface area contributed by atoms with Crippen molar-refractivity contribution in [2.24, 2.45) is 11.8 Å². The van der Waals surface area contributed by atoms with Crippen LogP contribution in [-0.4, -0.2) is 12.1 Å². The molecule has 2 aromatic rings. The maximum Gasteiger partial charge on any atom is 0.310 e. The van der Waals surface area contributed by atoms with Gasteiger partial charge in [-0.15, -0.1) is 6.58 Å². The Morgan fingerprint density at radius 2 is 1.43 bits per heavy atom. The van der Waals surface area contributed by atoms with Crippen LogP contribution in [0.1, 0.15) is 40.5 Å². The van der Waals surface area contributed by atoms with E-state index in [0.717, 1.165) is 0 Å². The van der Waals surface area contributed by atoms with Crippen LogP contribution >= 0.6 is 0 Å². The minimum Gasteiger partial charge on any atom is -0.461 e. The van der Waals surface area contributed by atoms with Gasteiger partial charge in [0.25, 0.3) is 0 Å². The van der Waals surface area contributed by atoms with Crippen LogP contribution < -0.4 is 0 Å². The first-order valence-electron chi connectivity index (χ1n) is 8.30. The van der Waals surface area contributed by atoms with E-state index in [2.05, 4.69) is 55.1 Å². The fraction of sp³-hybridized carbons (Fsp3) is 0.286. The number of rotatable bonds is 2. The highest BCUT2D eigenvalue weighted by Crippen LogP contribution is 2.60. The Morgan fingerprint density at radius 1 is 0.913 bits per heavy atom. The minimum atomic E-state index is -0.0632. The predicted octanol–water partition coefficient (Wildman–Crippen LogP) is 4.01. The lowest BCUT2D eigenvalue weighted by Crippen LogP contribution is -2.43. The average Bonchev–Trinajstić information content (AvgIpc) is 2.92. The van der Waals surface area contributed by atoms with Gasteiger partial charge in [0, 0.05) is 17.8 Å². The summed E-state index contributed by atoms with van der Waals surface area (Å²) in [4.78, 5) is 12.5. The number of allylic oxidation sites excluding steroid dienone is 1. The van der Waals surface area contributed by atoms with E-state index in [-0.39, 0.29) is 35.7 Å². The number of carbonyl (C=O) groups excluding carboxylic acids is 1. The molecule has 2 heteroatoms. The van der Waals surface area contributed by atoms with Crippen LogP contribution in [0.15, 0.2) is 61.2 Å². The van der Waals surface area contributed by atoms with Crippen molar-refractivity contribution in [2.75, 3.05) is 0 Å². The third-order valence-corrected chi connectivity index (χ3v) is 5.87. The van der Waals surface area contributed by atoms with E-state index >= 15 is 0 Å². The normalized spacial score (nSPS) is 32.7. The second-order valence-corrected chi connectivity index (χ2v) is 6.82. The number of esters is 1. The monoisotopic (exact) mass is 302 g/mol. The summed E-state index contributed by atoms with van der Waals surface area (Å²) in [6.45, 7) is 3.84. The minimum absolute atomic E-state index is 0.0257. The van der Waals surface area contributed by atoms with Crippen molar-refractivity contribution >= 4 is 5.97 Å². The molecule has 0 amide bonds. The molecule has 1 saturated heterocycles. The Bertz CT molecular complexity index is 775. The molecule has 2 nitrogen and oxygen atoms in total. The summed E-state index contributed by atoms with van der Waals surface area (Å²) < 4.78 is 5.89. The van der Waals surface area contributed by atoms with E-state index < -0.39 is 0 Å². The molecule has 2 bridgehead atoms. The Morgan fingerprint density at radius 3 is 1.96 bits per heavy atom. The zero-order chi connectivity index (χ0) is 15.6. The molecule has 1 fully saturated rings. The molecule has 0 N–H and O–H groups in total. The first kappa shape index (κ1) is 13.1. The molecule has 114 valence electrons. The fourth-order valence-electron chi connectivity index (χ4n) is 5.09. The summed E-state index contributed by atoms with van der Waals surface area (Å²) in [6.07, 6.45) is 2.53. The van der Waals surface area contributed by atoms with Crippen LogP contribution in [0.3, 0.4) is 0 Å². The van der Waals surface area contributed by atoms with Gasteiger partial charge in [0.2, 0.25) is 0 Å². The van der Waals surface area contributed by atoms with E-state index in [1.165, 1.54) is 22.3 Å². The lowest BCUT2D eigenvalue weighted by molar-refractivity contribution is -0.144. The number of carbonyl (C=O) groups is 1. The van der Waals surface area contributed by atoms with E-state index in [0.29, 0.717) is 6.42 Å². The summed E-state index contributed by atoms with van der Waals surface area (Å²) in [5.74, 6) is 0.558. The Labute approximate surface area is 135 Å². The zero-order valence-corrected chi connectivity index (χ0v) is 12.8. The van der Waals surface area contributed by atoms with Gasteiger partial charge in [0.15, 0.2) is 0 Å². The van der Waals surface area contributed by atoms with E-state index in [9.17, 15) is 4.79 Å². The van der Waals surface area contributed by atoms with Crippen LogP contribution in [0.25, 0.3) is 0 Å². The lowest BCUT2D eigenvalue weighted by atomic mass is 9.55. The summed E-state index contributed by atoms with van der Waals surface area (Å²) in [7, 11) is 0. The molecule has 4 aliphatic rings. The maximum atomic E-state index is 12.5. The van der Waals surface area contributed by atoms with Crippen molar-refractivity contribution in [1.29, 1.82) is 0 Å². The molecule has 3 atom stereocenters. The molecule has 3 aliphatic carbocycles. The van der Waals surface area contributed by atoms with Crippen molar-refractivity contribution in [1.82, 2.24) is 0 Å². The zero-order valence-electron chi connectivity index (χ0n) is 12.8. The molecule has 3 unspecified atom stereocenters. The van der Waals surface area contributed by atoms with Gasteiger partial charge in [-0.05, 0) is 28.7 Å². The lowest BCUT2D eigenvalue weighted by Gasteiger charge is -2.47. The van der Waals surface area contributed by atoms with Gasteiger partial charge in [-0.1, -0.05) is 54.6 Å². The van der Waals surface area contributed by atoms with Gasteiger partial charge in [-0.3, -0.25) is 4.79 Å². The predicted molar refractivity (Wildman–Crippen MR) is 88.2 cm³/mol. The molecule has 0 spiro atoms. The van der Waals surface area contributed by atoms with Crippen molar-refractivity contribution in [3.05, 3.63) is 83.4 Å². The molecule has 2 aromatic carbocycles. The fourth-order valence-corrected chi connectivity index (χ4v) is 5.09. The first-order chi connectivity index (χ1) is 11.3. The third kappa shape index (κ3) is 1.56. The number of hydrogen-bond acceptors (Lipinski definition) is 2. The summed E-state index contributed by atoms with van der Waals surface area (Å²) in [5.41, 5.74) is 5.43. The highest BCUT2D eigenvalue weighted by Gasteiger charge is 2.58. The van der Waals surface area contributed by atoms with Crippen LogP contribution in [0.4, 0.5) is 0 Å². The van der Waals surface area contributed by atoms with Crippen LogP contribution in [0, 0.1) is 11.8 Å². The molecule has 1 heterocycles. The third-order valence-electron chi connectivity index (χ3n) is 5.87. The van der Waals surface area contributed by atoms with E-state index in [4.69, 9.17) is 4.74 Å². The van der Waals surface area contributed by atoms with Gasteiger partial charge < -0.3 is 4.74 Å². The molecule has 6 rings (SSSR count). The number of ether oxygens (including phenoxy) is 1. The van der Waals surface area contributed by atoms with Crippen LogP contribution in [-0.2, 0) is 9.53 Å². The van der Waals surface area contributed by atoms with Crippen molar-refractivity contribution < 1.29 is 9.53 Å². The molecule has 0 radical (unpaired) electrons. The maximum absolute atomic E-state index is 12.5. The quantitative estimate of drug-likeness (QED) is 0.619. The molecule has 23 heavy (non-hydrogen) atoms. The second-order valence-electron chi connectivity index (χ2n) is 6.82. The Kier molecular flexibility index (Phi) is 2.61. The molecule has 1 aliphatic heterocycles. The second kappa shape index (κ2) is 4.58. The van der Waals surface area contributed by atoms with E-state index in [1.807, 2.05) is 6.08 Å². The van der Waals surface area contributed by atoms with Crippen molar-refractivity contribution in [3.8, 4) is 0 Å². The SMILES string of the molecule is C=CCC1C(=O)OC2C3c4ccccc4C(c4ccccc43)C12. The van der Waals surface area contributed by atoms with Crippen molar-refractivity contribution in [3.63, 3.8) is 0 Å². The smallest absolute Gasteiger partial charge is 0.310 e.